The Labute approximate surface area is 114 Å². The van der Waals surface area contributed by atoms with Gasteiger partial charge < -0.3 is 10.5 Å². The highest BCUT2D eigenvalue weighted by molar-refractivity contribution is 9.10. The molecule has 18 heavy (non-hydrogen) atoms. The standard InChI is InChI=1S/C12H15BrN4O/c1-2-17-12(15-8-16-17)7-18-11-4-3-9(6-14)5-10(11)13/h3-5,8H,2,6-7,14H2,1H3. The van der Waals surface area contributed by atoms with Crippen LogP contribution < -0.4 is 10.5 Å². The lowest BCUT2D eigenvalue weighted by Gasteiger charge is -2.09. The first-order valence-electron chi connectivity index (χ1n) is 5.72. The summed E-state index contributed by atoms with van der Waals surface area (Å²) in [6.07, 6.45) is 1.54. The van der Waals surface area contributed by atoms with Crippen molar-refractivity contribution in [1.82, 2.24) is 14.8 Å². The molecule has 6 heteroatoms. The van der Waals surface area contributed by atoms with Crippen molar-refractivity contribution < 1.29 is 4.74 Å². The Morgan fingerprint density at radius 1 is 1.44 bits per heavy atom. The van der Waals surface area contributed by atoms with Gasteiger partial charge in [-0.1, -0.05) is 6.07 Å². The van der Waals surface area contributed by atoms with Gasteiger partial charge in [-0.2, -0.15) is 5.10 Å². The number of nitrogens with two attached hydrogens (primary N) is 1. The van der Waals surface area contributed by atoms with Crippen molar-refractivity contribution in [3.8, 4) is 5.75 Å². The summed E-state index contributed by atoms with van der Waals surface area (Å²) in [5.74, 6) is 1.59. The Bertz CT molecular complexity index is 527. The van der Waals surface area contributed by atoms with Crippen LogP contribution in [-0.4, -0.2) is 14.8 Å². The molecule has 0 aliphatic rings. The number of benzene rings is 1. The topological polar surface area (TPSA) is 66.0 Å². The summed E-state index contributed by atoms with van der Waals surface area (Å²) in [5, 5.41) is 4.09. The second-order valence-corrected chi connectivity index (χ2v) is 4.60. The van der Waals surface area contributed by atoms with Gasteiger partial charge in [-0.15, -0.1) is 0 Å². The first-order chi connectivity index (χ1) is 8.74. The molecule has 0 bridgehead atoms. The number of hydrogen-bond acceptors (Lipinski definition) is 4. The van der Waals surface area contributed by atoms with E-state index in [0.29, 0.717) is 13.2 Å². The molecule has 0 atom stereocenters. The third kappa shape index (κ3) is 2.88. The quantitative estimate of drug-likeness (QED) is 0.918. The fourth-order valence-electron chi connectivity index (χ4n) is 1.59. The lowest BCUT2D eigenvalue weighted by molar-refractivity contribution is 0.285. The minimum Gasteiger partial charge on any atom is -0.484 e. The molecule has 0 radical (unpaired) electrons. The van der Waals surface area contributed by atoms with E-state index >= 15 is 0 Å². The fraction of sp³-hybridized carbons (Fsp3) is 0.333. The van der Waals surface area contributed by atoms with Crippen LogP contribution in [0.5, 0.6) is 5.75 Å². The molecule has 96 valence electrons. The van der Waals surface area contributed by atoms with E-state index in [1.54, 1.807) is 0 Å². The van der Waals surface area contributed by atoms with Gasteiger partial charge in [0.2, 0.25) is 0 Å². The molecule has 0 fully saturated rings. The van der Waals surface area contributed by atoms with Crippen molar-refractivity contribution in [2.45, 2.75) is 26.6 Å². The van der Waals surface area contributed by atoms with E-state index in [1.807, 2.05) is 29.8 Å². The van der Waals surface area contributed by atoms with Crippen LogP contribution in [0.1, 0.15) is 18.3 Å². The summed E-state index contributed by atoms with van der Waals surface area (Å²) in [6.45, 7) is 3.72. The summed E-state index contributed by atoms with van der Waals surface area (Å²) < 4.78 is 8.42. The molecule has 0 amide bonds. The van der Waals surface area contributed by atoms with Crippen molar-refractivity contribution in [3.05, 3.63) is 40.4 Å². The fourth-order valence-corrected chi connectivity index (χ4v) is 2.14. The normalized spacial score (nSPS) is 10.6. The predicted octanol–water partition coefficient (Wildman–Crippen LogP) is 2.10. The smallest absolute Gasteiger partial charge is 0.164 e. The number of ether oxygens (including phenoxy) is 1. The van der Waals surface area contributed by atoms with E-state index in [0.717, 1.165) is 28.2 Å². The van der Waals surface area contributed by atoms with E-state index < -0.39 is 0 Å². The predicted molar refractivity (Wildman–Crippen MR) is 72.1 cm³/mol. The van der Waals surface area contributed by atoms with E-state index in [1.165, 1.54) is 6.33 Å². The van der Waals surface area contributed by atoms with Crippen molar-refractivity contribution in [2.75, 3.05) is 0 Å². The van der Waals surface area contributed by atoms with Gasteiger partial charge >= 0.3 is 0 Å². The molecule has 1 aromatic heterocycles. The number of nitrogens with zero attached hydrogens (tertiary/aromatic N) is 3. The highest BCUT2D eigenvalue weighted by Gasteiger charge is 2.06. The molecule has 1 heterocycles. The lowest BCUT2D eigenvalue weighted by atomic mass is 10.2. The largest absolute Gasteiger partial charge is 0.484 e. The molecule has 0 unspecified atom stereocenters. The van der Waals surface area contributed by atoms with E-state index in [4.69, 9.17) is 10.5 Å². The molecule has 2 aromatic rings. The van der Waals surface area contributed by atoms with Crippen molar-refractivity contribution in [3.63, 3.8) is 0 Å². The van der Waals surface area contributed by atoms with Gasteiger partial charge in [0.05, 0.1) is 4.47 Å². The summed E-state index contributed by atoms with van der Waals surface area (Å²) in [7, 11) is 0. The summed E-state index contributed by atoms with van der Waals surface area (Å²) >= 11 is 3.46. The number of aryl methyl sites for hydroxylation is 1. The summed E-state index contributed by atoms with van der Waals surface area (Å²) in [5.41, 5.74) is 6.64. The zero-order chi connectivity index (χ0) is 13.0. The molecule has 0 saturated carbocycles. The minimum absolute atomic E-state index is 0.397. The molecular weight excluding hydrogens is 296 g/mol. The van der Waals surface area contributed by atoms with E-state index in [9.17, 15) is 0 Å². The summed E-state index contributed by atoms with van der Waals surface area (Å²) in [4.78, 5) is 4.16. The average molecular weight is 311 g/mol. The van der Waals surface area contributed by atoms with Gasteiger partial charge in [0.25, 0.3) is 0 Å². The number of rotatable bonds is 5. The van der Waals surface area contributed by atoms with Gasteiger partial charge in [0.1, 0.15) is 18.7 Å². The molecular formula is C12H15BrN4O. The number of halogens is 1. The van der Waals surface area contributed by atoms with Gasteiger partial charge in [-0.25, -0.2) is 9.67 Å². The third-order valence-corrected chi connectivity index (χ3v) is 3.20. The molecule has 2 N–H and O–H groups in total. The second-order valence-electron chi connectivity index (χ2n) is 3.75. The van der Waals surface area contributed by atoms with E-state index in [2.05, 4.69) is 26.0 Å². The highest BCUT2D eigenvalue weighted by Crippen LogP contribution is 2.26. The Morgan fingerprint density at radius 3 is 2.94 bits per heavy atom. The Balaban J connectivity index is 2.06. The average Bonchev–Trinajstić information content (AvgIpc) is 2.84. The van der Waals surface area contributed by atoms with Crippen LogP contribution in [0, 0.1) is 0 Å². The molecule has 0 aliphatic heterocycles. The third-order valence-electron chi connectivity index (χ3n) is 2.58. The van der Waals surface area contributed by atoms with Crippen LogP contribution in [0.3, 0.4) is 0 Å². The number of hydrogen-bond donors (Lipinski definition) is 1. The van der Waals surface area contributed by atoms with Crippen LogP contribution in [0.4, 0.5) is 0 Å². The van der Waals surface area contributed by atoms with Gasteiger partial charge in [0.15, 0.2) is 5.82 Å². The Morgan fingerprint density at radius 2 is 2.28 bits per heavy atom. The van der Waals surface area contributed by atoms with Gasteiger partial charge in [0, 0.05) is 13.1 Å². The van der Waals surface area contributed by atoms with Crippen molar-refractivity contribution in [1.29, 1.82) is 0 Å². The molecule has 0 saturated heterocycles. The highest BCUT2D eigenvalue weighted by atomic mass is 79.9. The first kappa shape index (κ1) is 13.0. The van der Waals surface area contributed by atoms with E-state index in [-0.39, 0.29) is 0 Å². The molecule has 0 spiro atoms. The monoisotopic (exact) mass is 310 g/mol. The maximum absolute atomic E-state index is 5.71. The molecule has 2 rings (SSSR count). The molecule has 5 nitrogen and oxygen atoms in total. The van der Waals surface area contributed by atoms with Crippen LogP contribution in [-0.2, 0) is 19.7 Å². The maximum atomic E-state index is 5.71. The van der Waals surface area contributed by atoms with Crippen LogP contribution in [0.15, 0.2) is 29.0 Å². The molecule has 0 aliphatic carbocycles. The first-order valence-corrected chi connectivity index (χ1v) is 6.52. The Kier molecular flexibility index (Phi) is 4.33. The van der Waals surface area contributed by atoms with Crippen molar-refractivity contribution in [2.24, 2.45) is 5.73 Å². The lowest BCUT2D eigenvalue weighted by Crippen LogP contribution is -2.07. The summed E-state index contributed by atoms with van der Waals surface area (Å²) in [6, 6.07) is 5.81. The van der Waals surface area contributed by atoms with Crippen LogP contribution in [0.25, 0.3) is 0 Å². The van der Waals surface area contributed by atoms with Gasteiger partial charge in [-0.3, -0.25) is 0 Å². The Hall–Kier alpha value is -1.40. The second kappa shape index (κ2) is 5.97. The van der Waals surface area contributed by atoms with Crippen LogP contribution >= 0.6 is 15.9 Å². The SMILES string of the molecule is CCn1ncnc1COc1ccc(CN)cc1Br. The minimum atomic E-state index is 0.397. The number of aromatic nitrogens is 3. The maximum Gasteiger partial charge on any atom is 0.164 e. The van der Waals surface area contributed by atoms with Crippen molar-refractivity contribution >= 4 is 15.9 Å². The van der Waals surface area contributed by atoms with Gasteiger partial charge in [-0.05, 0) is 40.5 Å². The zero-order valence-electron chi connectivity index (χ0n) is 10.1. The van der Waals surface area contributed by atoms with Crippen LogP contribution in [0.2, 0.25) is 0 Å². The zero-order valence-corrected chi connectivity index (χ0v) is 11.7. The molecule has 1 aromatic carbocycles.